The Morgan fingerprint density at radius 3 is 2.73 bits per heavy atom. The summed E-state index contributed by atoms with van der Waals surface area (Å²) >= 11 is 0. The number of nitrogens with one attached hydrogen (secondary N) is 2. The Labute approximate surface area is 214 Å². The Balaban J connectivity index is 1.17. The van der Waals surface area contributed by atoms with Gasteiger partial charge in [-0.3, -0.25) is 14.5 Å². The summed E-state index contributed by atoms with van der Waals surface area (Å²) < 4.78 is 24.2. The predicted octanol–water partition coefficient (Wildman–Crippen LogP) is 3.64. The lowest BCUT2D eigenvalue weighted by atomic mass is 9.96. The number of carbonyl (C=O) groups is 2. The number of hydrogen-bond donors (Lipinski definition) is 2. The van der Waals surface area contributed by atoms with Crippen molar-refractivity contribution in [1.82, 2.24) is 20.4 Å². The van der Waals surface area contributed by atoms with E-state index in [0.29, 0.717) is 48.2 Å². The quantitative estimate of drug-likeness (QED) is 0.479. The van der Waals surface area contributed by atoms with Crippen LogP contribution < -0.4 is 10.6 Å². The molecule has 9 nitrogen and oxygen atoms in total. The van der Waals surface area contributed by atoms with Crippen molar-refractivity contribution in [1.29, 1.82) is 0 Å². The number of anilines is 1. The molecule has 2 aromatic carbocycles. The second-order valence-corrected chi connectivity index (χ2v) is 9.47. The molecule has 10 heteroatoms. The van der Waals surface area contributed by atoms with Crippen LogP contribution in [0, 0.1) is 11.7 Å². The molecule has 3 heterocycles. The molecule has 2 amide bonds. The van der Waals surface area contributed by atoms with E-state index < -0.39 is 0 Å². The summed E-state index contributed by atoms with van der Waals surface area (Å²) in [5.41, 5.74) is 1.60. The SMILES string of the molecule is O=C(NCC1CCCO1)c1ccccc1NC(=O)C1CCCN(Cc2nc(-c3ccc(F)cc3)no2)C1. The third kappa shape index (κ3) is 6.39. The number of ether oxygens (including phenoxy) is 1. The van der Waals surface area contributed by atoms with Crippen LogP contribution in [0.2, 0.25) is 0 Å². The van der Waals surface area contributed by atoms with Gasteiger partial charge in [0, 0.05) is 25.3 Å². The predicted molar refractivity (Wildman–Crippen MR) is 134 cm³/mol. The normalized spacial score (nSPS) is 20.0. The van der Waals surface area contributed by atoms with Crippen LogP contribution in [0.15, 0.2) is 53.1 Å². The lowest BCUT2D eigenvalue weighted by Gasteiger charge is -2.31. The summed E-state index contributed by atoms with van der Waals surface area (Å²) in [5, 5.41) is 9.88. The van der Waals surface area contributed by atoms with Crippen molar-refractivity contribution in [3.63, 3.8) is 0 Å². The van der Waals surface area contributed by atoms with E-state index in [9.17, 15) is 14.0 Å². The molecule has 0 saturated carbocycles. The van der Waals surface area contributed by atoms with E-state index >= 15 is 0 Å². The summed E-state index contributed by atoms with van der Waals surface area (Å²) in [4.78, 5) is 32.5. The number of para-hydroxylation sites is 1. The van der Waals surface area contributed by atoms with E-state index in [1.807, 2.05) is 0 Å². The second kappa shape index (κ2) is 11.6. The van der Waals surface area contributed by atoms with Crippen molar-refractivity contribution in [2.45, 2.75) is 38.3 Å². The number of likely N-dealkylation sites (tertiary alicyclic amines) is 1. The maximum Gasteiger partial charge on any atom is 0.253 e. The monoisotopic (exact) mass is 507 g/mol. The van der Waals surface area contributed by atoms with Crippen LogP contribution >= 0.6 is 0 Å². The molecule has 2 unspecified atom stereocenters. The minimum absolute atomic E-state index is 0.0459. The molecular weight excluding hydrogens is 477 g/mol. The highest BCUT2D eigenvalue weighted by molar-refractivity contribution is 6.04. The number of amides is 2. The third-order valence-corrected chi connectivity index (χ3v) is 6.75. The Kier molecular flexibility index (Phi) is 7.86. The molecule has 0 spiro atoms. The molecule has 2 aliphatic heterocycles. The van der Waals surface area contributed by atoms with Crippen molar-refractivity contribution in [3.05, 3.63) is 65.8 Å². The van der Waals surface area contributed by atoms with Crippen LogP contribution in [-0.2, 0) is 16.1 Å². The standard InChI is InChI=1S/C27H30FN5O4/c28-20-11-9-18(10-12-20)25-31-24(37-32-25)17-33-13-3-5-19(16-33)26(34)30-23-8-2-1-7-22(23)27(35)29-15-21-6-4-14-36-21/h1-2,7-12,19,21H,3-6,13-17H2,(H,29,35)(H,30,34). The van der Waals surface area contributed by atoms with E-state index in [1.54, 1.807) is 36.4 Å². The van der Waals surface area contributed by atoms with Gasteiger partial charge in [0.2, 0.25) is 17.6 Å². The number of halogens is 1. The van der Waals surface area contributed by atoms with Gasteiger partial charge < -0.3 is 19.9 Å². The van der Waals surface area contributed by atoms with Gasteiger partial charge in [0.1, 0.15) is 5.82 Å². The molecule has 3 aromatic rings. The molecule has 2 saturated heterocycles. The Bertz CT molecular complexity index is 1230. The number of aromatic nitrogens is 2. The van der Waals surface area contributed by atoms with Crippen molar-refractivity contribution in [3.8, 4) is 11.4 Å². The van der Waals surface area contributed by atoms with Crippen LogP contribution in [0.1, 0.15) is 41.9 Å². The molecule has 37 heavy (non-hydrogen) atoms. The summed E-state index contributed by atoms with van der Waals surface area (Å²) in [7, 11) is 0. The zero-order chi connectivity index (χ0) is 25.6. The van der Waals surface area contributed by atoms with Gasteiger partial charge in [0.25, 0.3) is 5.91 Å². The van der Waals surface area contributed by atoms with Gasteiger partial charge >= 0.3 is 0 Å². The van der Waals surface area contributed by atoms with E-state index in [0.717, 1.165) is 38.8 Å². The molecule has 2 N–H and O–H groups in total. The topological polar surface area (TPSA) is 110 Å². The third-order valence-electron chi connectivity index (χ3n) is 6.75. The fourth-order valence-electron chi connectivity index (χ4n) is 4.77. The zero-order valence-electron chi connectivity index (χ0n) is 20.5. The van der Waals surface area contributed by atoms with Crippen molar-refractivity contribution in [2.24, 2.45) is 5.92 Å². The second-order valence-electron chi connectivity index (χ2n) is 9.47. The van der Waals surface area contributed by atoms with Gasteiger partial charge in [0.15, 0.2) is 0 Å². The molecule has 194 valence electrons. The number of nitrogens with zero attached hydrogens (tertiary/aromatic N) is 3. The van der Waals surface area contributed by atoms with E-state index in [-0.39, 0.29) is 29.7 Å². The van der Waals surface area contributed by atoms with E-state index in [4.69, 9.17) is 9.26 Å². The van der Waals surface area contributed by atoms with Crippen molar-refractivity contribution >= 4 is 17.5 Å². The zero-order valence-corrected chi connectivity index (χ0v) is 20.5. The minimum Gasteiger partial charge on any atom is -0.376 e. The Morgan fingerprint density at radius 2 is 1.92 bits per heavy atom. The highest BCUT2D eigenvalue weighted by Crippen LogP contribution is 2.23. The summed E-state index contributed by atoms with van der Waals surface area (Å²) in [5.74, 6) is -0.0840. The molecule has 0 radical (unpaired) electrons. The van der Waals surface area contributed by atoms with Crippen LogP contribution in [0.5, 0.6) is 0 Å². The van der Waals surface area contributed by atoms with Gasteiger partial charge in [-0.2, -0.15) is 4.98 Å². The fourth-order valence-corrected chi connectivity index (χ4v) is 4.77. The molecule has 2 aliphatic rings. The van der Waals surface area contributed by atoms with Crippen LogP contribution in [0.4, 0.5) is 10.1 Å². The maximum atomic E-state index is 13.2. The Morgan fingerprint density at radius 1 is 1.08 bits per heavy atom. The highest BCUT2D eigenvalue weighted by atomic mass is 19.1. The van der Waals surface area contributed by atoms with Gasteiger partial charge in [0.05, 0.1) is 29.8 Å². The van der Waals surface area contributed by atoms with Gasteiger partial charge in [-0.05, 0) is 68.6 Å². The average Bonchev–Trinajstić information content (AvgIpc) is 3.61. The molecule has 1 aromatic heterocycles. The van der Waals surface area contributed by atoms with Crippen molar-refractivity contribution < 1.29 is 23.2 Å². The fraction of sp³-hybridized carbons (Fsp3) is 0.407. The van der Waals surface area contributed by atoms with E-state index in [2.05, 4.69) is 25.7 Å². The highest BCUT2D eigenvalue weighted by Gasteiger charge is 2.28. The van der Waals surface area contributed by atoms with Gasteiger partial charge in [-0.25, -0.2) is 4.39 Å². The van der Waals surface area contributed by atoms with Gasteiger partial charge in [-0.15, -0.1) is 0 Å². The first-order valence-corrected chi connectivity index (χ1v) is 12.7. The number of carbonyl (C=O) groups excluding carboxylic acids is 2. The van der Waals surface area contributed by atoms with E-state index in [1.165, 1.54) is 12.1 Å². The van der Waals surface area contributed by atoms with Gasteiger partial charge in [-0.1, -0.05) is 17.3 Å². The first kappa shape index (κ1) is 25.0. The molecule has 0 bridgehead atoms. The number of rotatable bonds is 8. The molecule has 5 rings (SSSR count). The minimum atomic E-state index is -0.327. The lowest BCUT2D eigenvalue weighted by molar-refractivity contribution is -0.121. The number of piperidine rings is 1. The maximum absolute atomic E-state index is 13.2. The van der Waals surface area contributed by atoms with Crippen LogP contribution in [0.3, 0.4) is 0 Å². The first-order chi connectivity index (χ1) is 18.0. The van der Waals surface area contributed by atoms with Crippen molar-refractivity contribution in [2.75, 3.05) is 31.6 Å². The largest absolute Gasteiger partial charge is 0.376 e. The molecule has 2 fully saturated rings. The summed E-state index contributed by atoms with van der Waals surface area (Å²) in [6.07, 6.45) is 3.59. The average molecular weight is 508 g/mol. The molecular formula is C27H30FN5O4. The number of hydrogen-bond acceptors (Lipinski definition) is 7. The summed E-state index contributed by atoms with van der Waals surface area (Å²) in [6, 6.07) is 12.9. The number of benzene rings is 2. The van der Waals surface area contributed by atoms with Crippen LogP contribution in [0.25, 0.3) is 11.4 Å². The van der Waals surface area contributed by atoms with Crippen LogP contribution in [-0.4, -0.2) is 59.2 Å². The Hall–Kier alpha value is -3.63. The smallest absolute Gasteiger partial charge is 0.253 e. The molecule has 2 atom stereocenters. The molecule has 0 aliphatic carbocycles. The lowest BCUT2D eigenvalue weighted by Crippen LogP contribution is -2.40. The first-order valence-electron chi connectivity index (χ1n) is 12.7. The summed E-state index contributed by atoms with van der Waals surface area (Å²) in [6.45, 7) is 2.94.